The van der Waals surface area contributed by atoms with Gasteiger partial charge in [-0.1, -0.05) is 0 Å². The Labute approximate surface area is 85.4 Å². The van der Waals surface area contributed by atoms with Gasteiger partial charge >= 0.3 is 0 Å². The summed E-state index contributed by atoms with van der Waals surface area (Å²) < 4.78 is 4.88. The highest BCUT2D eigenvalue weighted by molar-refractivity contribution is 5.49. The van der Waals surface area contributed by atoms with E-state index in [0.717, 1.165) is 0 Å². The van der Waals surface area contributed by atoms with E-state index < -0.39 is 0 Å². The molecule has 0 aromatic carbocycles. The predicted molar refractivity (Wildman–Crippen MR) is 51.8 cm³/mol. The average molecular weight is 204 g/mol. The van der Waals surface area contributed by atoms with Gasteiger partial charge < -0.3 is 10.5 Å². The van der Waals surface area contributed by atoms with Gasteiger partial charge in [0, 0.05) is 6.07 Å². The van der Waals surface area contributed by atoms with Gasteiger partial charge in [-0.25, -0.2) is 9.97 Å². The molecule has 0 unspecified atom stereocenters. The SMILES string of the molecule is COc1ccc(-c2ncnc(N)n2)nn1. The van der Waals surface area contributed by atoms with E-state index >= 15 is 0 Å². The molecule has 2 aromatic rings. The average Bonchev–Trinajstić information content (AvgIpc) is 2.29. The standard InChI is InChI=1S/C8H8N6O/c1-15-6-3-2-5(13-14-6)7-10-4-11-8(9)12-7/h2-4H,1H3,(H2,9,10,11,12). The second kappa shape index (κ2) is 3.82. The van der Waals surface area contributed by atoms with Crippen LogP contribution in [-0.2, 0) is 0 Å². The molecule has 0 aliphatic carbocycles. The van der Waals surface area contributed by atoms with Crippen molar-refractivity contribution in [3.05, 3.63) is 18.5 Å². The molecule has 2 aromatic heterocycles. The Morgan fingerprint density at radius 2 is 2.07 bits per heavy atom. The third-order valence-electron chi connectivity index (χ3n) is 1.67. The molecule has 0 saturated carbocycles. The van der Waals surface area contributed by atoms with Crippen LogP contribution in [0.4, 0.5) is 5.95 Å². The molecule has 0 atom stereocenters. The van der Waals surface area contributed by atoms with Crippen molar-refractivity contribution in [3.63, 3.8) is 0 Å². The third-order valence-corrected chi connectivity index (χ3v) is 1.67. The van der Waals surface area contributed by atoms with Crippen LogP contribution < -0.4 is 10.5 Å². The summed E-state index contributed by atoms with van der Waals surface area (Å²) in [7, 11) is 1.52. The molecule has 15 heavy (non-hydrogen) atoms. The normalized spacial score (nSPS) is 9.93. The molecule has 0 aliphatic rings. The van der Waals surface area contributed by atoms with Gasteiger partial charge in [0.25, 0.3) is 0 Å². The maximum atomic E-state index is 5.42. The van der Waals surface area contributed by atoms with E-state index in [-0.39, 0.29) is 5.95 Å². The predicted octanol–water partition coefficient (Wildman–Crippen LogP) is -0.0806. The summed E-state index contributed by atoms with van der Waals surface area (Å²) in [5.41, 5.74) is 5.94. The molecule has 2 heterocycles. The van der Waals surface area contributed by atoms with Gasteiger partial charge in [0.1, 0.15) is 12.0 Å². The highest BCUT2D eigenvalue weighted by Crippen LogP contribution is 2.12. The van der Waals surface area contributed by atoms with Crippen molar-refractivity contribution in [1.82, 2.24) is 25.1 Å². The van der Waals surface area contributed by atoms with Crippen LogP contribution in [0, 0.1) is 0 Å². The Morgan fingerprint density at radius 3 is 2.67 bits per heavy atom. The van der Waals surface area contributed by atoms with Crippen LogP contribution in [0.1, 0.15) is 0 Å². The molecule has 0 spiro atoms. The smallest absolute Gasteiger partial charge is 0.233 e. The van der Waals surface area contributed by atoms with E-state index in [2.05, 4.69) is 25.1 Å². The number of rotatable bonds is 2. The Hall–Kier alpha value is -2.31. The number of hydrogen-bond donors (Lipinski definition) is 1. The first-order chi connectivity index (χ1) is 7.29. The number of methoxy groups -OCH3 is 1. The summed E-state index contributed by atoms with van der Waals surface area (Å²) in [5, 5.41) is 7.67. The minimum absolute atomic E-state index is 0.151. The topological polar surface area (TPSA) is 99.7 Å². The van der Waals surface area contributed by atoms with Crippen LogP contribution in [-0.4, -0.2) is 32.3 Å². The zero-order chi connectivity index (χ0) is 10.7. The molecule has 0 bridgehead atoms. The molecular formula is C8H8N6O. The fourth-order valence-corrected chi connectivity index (χ4v) is 0.981. The van der Waals surface area contributed by atoms with E-state index in [4.69, 9.17) is 10.5 Å². The van der Waals surface area contributed by atoms with Gasteiger partial charge in [0.2, 0.25) is 11.8 Å². The van der Waals surface area contributed by atoms with Crippen molar-refractivity contribution in [3.8, 4) is 17.4 Å². The second-order valence-electron chi connectivity index (χ2n) is 2.63. The first-order valence-electron chi connectivity index (χ1n) is 4.12. The molecule has 2 N–H and O–H groups in total. The highest BCUT2D eigenvalue weighted by Gasteiger charge is 2.04. The lowest BCUT2D eigenvalue weighted by Gasteiger charge is -1.99. The lowest BCUT2D eigenvalue weighted by atomic mass is 10.4. The number of nitrogens with two attached hydrogens (primary N) is 1. The molecule has 0 aliphatic heterocycles. The van der Waals surface area contributed by atoms with Gasteiger partial charge in [0.05, 0.1) is 7.11 Å². The van der Waals surface area contributed by atoms with E-state index in [0.29, 0.717) is 17.4 Å². The van der Waals surface area contributed by atoms with Gasteiger partial charge in [-0.15, -0.1) is 10.2 Å². The van der Waals surface area contributed by atoms with Crippen LogP contribution in [0.2, 0.25) is 0 Å². The second-order valence-corrected chi connectivity index (χ2v) is 2.63. The molecule has 7 nitrogen and oxygen atoms in total. The summed E-state index contributed by atoms with van der Waals surface area (Å²) in [4.78, 5) is 11.5. The van der Waals surface area contributed by atoms with E-state index in [1.807, 2.05) is 0 Å². The maximum Gasteiger partial charge on any atom is 0.233 e. The van der Waals surface area contributed by atoms with Crippen LogP contribution in [0.3, 0.4) is 0 Å². The number of ether oxygens (including phenoxy) is 1. The molecule has 0 saturated heterocycles. The maximum absolute atomic E-state index is 5.42. The van der Waals surface area contributed by atoms with Crippen LogP contribution in [0.25, 0.3) is 11.5 Å². The van der Waals surface area contributed by atoms with Gasteiger partial charge in [0.15, 0.2) is 5.82 Å². The first kappa shape index (κ1) is 9.25. The molecular weight excluding hydrogens is 196 g/mol. The molecule has 0 fully saturated rings. The van der Waals surface area contributed by atoms with E-state index in [1.165, 1.54) is 13.4 Å². The molecule has 7 heteroatoms. The Bertz CT molecular complexity index is 457. The van der Waals surface area contributed by atoms with Crippen molar-refractivity contribution in [2.45, 2.75) is 0 Å². The Balaban J connectivity index is 2.37. The number of nitrogen functional groups attached to an aromatic ring is 1. The van der Waals surface area contributed by atoms with Crippen molar-refractivity contribution >= 4 is 5.95 Å². The lowest BCUT2D eigenvalue weighted by molar-refractivity contribution is 0.392. The Morgan fingerprint density at radius 1 is 1.20 bits per heavy atom. The third kappa shape index (κ3) is 1.96. The largest absolute Gasteiger partial charge is 0.480 e. The zero-order valence-electron chi connectivity index (χ0n) is 7.95. The zero-order valence-corrected chi connectivity index (χ0v) is 7.95. The molecule has 0 radical (unpaired) electrons. The lowest BCUT2D eigenvalue weighted by Crippen LogP contribution is -2.00. The van der Waals surface area contributed by atoms with Crippen molar-refractivity contribution in [2.24, 2.45) is 0 Å². The fraction of sp³-hybridized carbons (Fsp3) is 0.125. The van der Waals surface area contributed by atoms with Gasteiger partial charge in [-0.3, -0.25) is 0 Å². The highest BCUT2D eigenvalue weighted by atomic mass is 16.5. The number of hydrogen-bond acceptors (Lipinski definition) is 7. The first-order valence-corrected chi connectivity index (χ1v) is 4.12. The monoisotopic (exact) mass is 204 g/mol. The summed E-state index contributed by atoms with van der Waals surface area (Å²) in [6.07, 6.45) is 1.32. The number of nitrogens with zero attached hydrogens (tertiary/aromatic N) is 5. The van der Waals surface area contributed by atoms with Crippen LogP contribution >= 0.6 is 0 Å². The van der Waals surface area contributed by atoms with Crippen molar-refractivity contribution in [2.75, 3.05) is 12.8 Å². The fourth-order valence-electron chi connectivity index (χ4n) is 0.981. The summed E-state index contributed by atoms with van der Waals surface area (Å²) in [6, 6.07) is 3.36. The number of aromatic nitrogens is 5. The van der Waals surface area contributed by atoms with Crippen LogP contribution in [0.5, 0.6) is 5.88 Å². The molecule has 0 amide bonds. The summed E-state index contributed by atoms with van der Waals surface area (Å²) in [5.74, 6) is 0.969. The van der Waals surface area contributed by atoms with Crippen molar-refractivity contribution in [1.29, 1.82) is 0 Å². The van der Waals surface area contributed by atoms with E-state index in [1.54, 1.807) is 12.1 Å². The van der Waals surface area contributed by atoms with Gasteiger partial charge in [-0.2, -0.15) is 4.98 Å². The molecule has 76 valence electrons. The van der Waals surface area contributed by atoms with E-state index in [9.17, 15) is 0 Å². The van der Waals surface area contributed by atoms with Gasteiger partial charge in [-0.05, 0) is 6.07 Å². The summed E-state index contributed by atoms with van der Waals surface area (Å²) in [6.45, 7) is 0. The summed E-state index contributed by atoms with van der Waals surface area (Å²) >= 11 is 0. The minimum atomic E-state index is 0.151. The molecule has 2 rings (SSSR count). The quantitative estimate of drug-likeness (QED) is 0.730. The van der Waals surface area contributed by atoms with Crippen molar-refractivity contribution < 1.29 is 4.74 Å². The minimum Gasteiger partial charge on any atom is -0.480 e. The number of anilines is 1. The van der Waals surface area contributed by atoms with Crippen LogP contribution in [0.15, 0.2) is 18.5 Å². The Kier molecular flexibility index (Phi) is 2.36.